The van der Waals surface area contributed by atoms with Crippen LogP contribution in [0.4, 0.5) is 5.69 Å². The van der Waals surface area contributed by atoms with E-state index in [1.807, 2.05) is 54.6 Å². The number of carbonyl (C=O) groups excluding carboxylic acids is 1. The zero-order chi connectivity index (χ0) is 20.8. The molecule has 2 aromatic carbocycles. The number of ether oxygens (including phenoxy) is 1. The minimum atomic E-state index is -0.185. The maximum atomic E-state index is 12.2. The molecule has 0 bridgehead atoms. The number of amides is 1. The smallest absolute Gasteiger partial charge is 0.227 e. The van der Waals surface area contributed by atoms with E-state index < -0.39 is 0 Å². The third-order valence-corrected chi connectivity index (χ3v) is 4.35. The molecule has 1 N–H and O–H groups in total. The first kappa shape index (κ1) is 19.3. The Bertz CT molecular complexity index is 1110. The van der Waals surface area contributed by atoms with E-state index in [-0.39, 0.29) is 12.3 Å². The highest BCUT2D eigenvalue weighted by molar-refractivity contribution is 5.90. The Labute approximate surface area is 173 Å². The summed E-state index contributed by atoms with van der Waals surface area (Å²) < 4.78 is 10.4. The predicted molar refractivity (Wildman–Crippen MR) is 111 cm³/mol. The Morgan fingerprint density at radius 3 is 2.37 bits per heavy atom. The van der Waals surface area contributed by atoms with Crippen LogP contribution in [0.3, 0.4) is 0 Å². The molecule has 0 aliphatic heterocycles. The van der Waals surface area contributed by atoms with Crippen molar-refractivity contribution in [2.45, 2.75) is 12.8 Å². The van der Waals surface area contributed by atoms with Crippen LogP contribution >= 0.6 is 0 Å². The quantitative estimate of drug-likeness (QED) is 0.503. The maximum absolute atomic E-state index is 12.2. The Balaban J connectivity index is 1.31. The highest BCUT2D eigenvalue weighted by atomic mass is 16.5. The maximum Gasteiger partial charge on any atom is 0.227 e. The van der Waals surface area contributed by atoms with Crippen LogP contribution in [0.2, 0.25) is 0 Å². The predicted octanol–water partition coefficient (Wildman–Crippen LogP) is 3.77. The normalized spacial score (nSPS) is 10.6. The van der Waals surface area contributed by atoms with Crippen molar-refractivity contribution in [1.82, 2.24) is 20.1 Å². The molecule has 4 aromatic rings. The molecule has 0 unspecified atom stereocenters. The van der Waals surface area contributed by atoms with Crippen molar-refractivity contribution in [1.29, 1.82) is 0 Å². The minimum absolute atomic E-state index is 0.185. The number of anilines is 1. The first-order chi connectivity index (χ1) is 14.7. The SMILES string of the molecule is COc1ccc(-c2noc(CCC(=O)Nc3cnc(-c4ccccc4)nc3)n2)cc1. The Morgan fingerprint density at radius 1 is 0.967 bits per heavy atom. The lowest BCUT2D eigenvalue weighted by Crippen LogP contribution is -2.13. The van der Waals surface area contributed by atoms with Gasteiger partial charge in [-0.3, -0.25) is 4.79 Å². The fourth-order valence-electron chi connectivity index (χ4n) is 2.79. The van der Waals surface area contributed by atoms with Crippen molar-refractivity contribution in [2.24, 2.45) is 0 Å². The topological polar surface area (TPSA) is 103 Å². The molecule has 4 rings (SSSR count). The molecule has 150 valence electrons. The molecule has 0 saturated carbocycles. The third kappa shape index (κ3) is 4.67. The fourth-order valence-corrected chi connectivity index (χ4v) is 2.79. The van der Waals surface area contributed by atoms with Gasteiger partial charge in [0.25, 0.3) is 0 Å². The fraction of sp³-hybridized carbons (Fsp3) is 0.136. The van der Waals surface area contributed by atoms with Crippen LogP contribution in [0.1, 0.15) is 12.3 Å². The van der Waals surface area contributed by atoms with E-state index in [0.29, 0.717) is 29.6 Å². The van der Waals surface area contributed by atoms with Crippen molar-refractivity contribution >= 4 is 11.6 Å². The molecular formula is C22H19N5O3. The zero-order valence-electron chi connectivity index (χ0n) is 16.3. The van der Waals surface area contributed by atoms with E-state index in [1.54, 1.807) is 19.5 Å². The molecule has 0 aliphatic carbocycles. The van der Waals surface area contributed by atoms with Crippen LogP contribution < -0.4 is 10.1 Å². The van der Waals surface area contributed by atoms with Crippen LogP contribution in [-0.4, -0.2) is 33.1 Å². The van der Waals surface area contributed by atoms with Gasteiger partial charge in [0, 0.05) is 24.0 Å². The first-order valence-corrected chi connectivity index (χ1v) is 9.35. The van der Waals surface area contributed by atoms with Gasteiger partial charge in [-0.1, -0.05) is 35.5 Å². The summed E-state index contributed by atoms with van der Waals surface area (Å²) in [4.78, 5) is 25.1. The van der Waals surface area contributed by atoms with Gasteiger partial charge in [-0.15, -0.1) is 0 Å². The second-order valence-corrected chi connectivity index (χ2v) is 6.45. The van der Waals surface area contributed by atoms with E-state index >= 15 is 0 Å². The Morgan fingerprint density at radius 2 is 1.67 bits per heavy atom. The first-order valence-electron chi connectivity index (χ1n) is 9.35. The van der Waals surface area contributed by atoms with Gasteiger partial charge in [0.2, 0.25) is 17.6 Å². The van der Waals surface area contributed by atoms with Crippen LogP contribution in [-0.2, 0) is 11.2 Å². The summed E-state index contributed by atoms with van der Waals surface area (Å²) in [7, 11) is 1.61. The van der Waals surface area contributed by atoms with Crippen LogP contribution in [0.5, 0.6) is 5.75 Å². The van der Waals surface area contributed by atoms with Gasteiger partial charge in [0.1, 0.15) is 5.75 Å². The zero-order valence-corrected chi connectivity index (χ0v) is 16.3. The van der Waals surface area contributed by atoms with E-state index in [4.69, 9.17) is 9.26 Å². The summed E-state index contributed by atoms with van der Waals surface area (Å²) in [5.74, 6) is 2.03. The molecular weight excluding hydrogens is 382 g/mol. The summed E-state index contributed by atoms with van der Waals surface area (Å²) in [6.07, 6.45) is 3.70. The highest BCUT2D eigenvalue weighted by Gasteiger charge is 2.11. The summed E-state index contributed by atoms with van der Waals surface area (Å²) in [6, 6.07) is 17.0. The molecule has 30 heavy (non-hydrogen) atoms. The second-order valence-electron chi connectivity index (χ2n) is 6.45. The summed E-state index contributed by atoms with van der Waals surface area (Å²) in [5, 5.41) is 6.74. The summed E-state index contributed by atoms with van der Waals surface area (Å²) >= 11 is 0. The number of rotatable bonds is 7. The van der Waals surface area contributed by atoms with Gasteiger partial charge in [0.15, 0.2) is 5.82 Å². The molecule has 2 heterocycles. The van der Waals surface area contributed by atoms with Crippen molar-refractivity contribution in [3.8, 4) is 28.5 Å². The minimum Gasteiger partial charge on any atom is -0.497 e. The number of carbonyl (C=O) groups is 1. The average molecular weight is 401 g/mol. The molecule has 0 radical (unpaired) electrons. The molecule has 0 atom stereocenters. The highest BCUT2D eigenvalue weighted by Crippen LogP contribution is 2.20. The Kier molecular flexibility index (Phi) is 5.75. The van der Waals surface area contributed by atoms with Gasteiger partial charge in [0.05, 0.1) is 25.2 Å². The lowest BCUT2D eigenvalue weighted by molar-refractivity contribution is -0.116. The molecule has 0 aliphatic rings. The van der Waals surface area contributed by atoms with Gasteiger partial charge in [-0.2, -0.15) is 4.98 Å². The van der Waals surface area contributed by atoms with Crippen molar-refractivity contribution < 1.29 is 14.1 Å². The summed E-state index contributed by atoms with van der Waals surface area (Å²) in [6.45, 7) is 0. The molecule has 1 amide bonds. The molecule has 0 spiro atoms. The van der Waals surface area contributed by atoms with Gasteiger partial charge in [-0.25, -0.2) is 9.97 Å². The molecule has 0 fully saturated rings. The Hall–Kier alpha value is -4.07. The van der Waals surface area contributed by atoms with E-state index in [0.717, 1.165) is 16.9 Å². The van der Waals surface area contributed by atoms with Crippen molar-refractivity contribution in [3.05, 3.63) is 72.9 Å². The number of nitrogens with zero attached hydrogens (tertiary/aromatic N) is 4. The van der Waals surface area contributed by atoms with Crippen LogP contribution in [0.25, 0.3) is 22.8 Å². The largest absolute Gasteiger partial charge is 0.497 e. The molecule has 0 saturated heterocycles. The van der Waals surface area contributed by atoms with Crippen molar-refractivity contribution in [2.75, 3.05) is 12.4 Å². The van der Waals surface area contributed by atoms with Gasteiger partial charge < -0.3 is 14.6 Å². The molecule has 2 aromatic heterocycles. The average Bonchev–Trinajstić information content (AvgIpc) is 3.28. The monoisotopic (exact) mass is 401 g/mol. The number of methoxy groups -OCH3 is 1. The lowest BCUT2D eigenvalue weighted by atomic mass is 10.2. The number of benzene rings is 2. The lowest BCUT2D eigenvalue weighted by Gasteiger charge is -2.04. The van der Waals surface area contributed by atoms with Crippen molar-refractivity contribution in [3.63, 3.8) is 0 Å². The number of hydrogen-bond donors (Lipinski definition) is 1. The van der Waals surface area contributed by atoms with E-state index in [9.17, 15) is 4.79 Å². The number of hydrogen-bond acceptors (Lipinski definition) is 7. The van der Waals surface area contributed by atoms with E-state index in [1.165, 1.54) is 0 Å². The van der Waals surface area contributed by atoms with Crippen LogP contribution in [0, 0.1) is 0 Å². The van der Waals surface area contributed by atoms with Gasteiger partial charge in [-0.05, 0) is 24.3 Å². The number of nitrogens with one attached hydrogen (secondary N) is 1. The number of aromatic nitrogens is 4. The molecule has 8 heteroatoms. The van der Waals surface area contributed by atoms with E-state index in [2.05, 4.69) is 25.4 Å². The second kappa shape index (κ2) is 8.95. The van der Waals surface area contributed by atoms with Crippen LogP contribution in [0.15, 0.2) is 71.5 Å². The summed E-state index contributed by atoms with van der Waals surface area (Å²) in [5.41, 5.74) is 2.26. The molecule has 8 nitrogen and oxygen atoms in total. The standard InChI is InChI=1S/C22H19N5O3/c1-29-18-9-7-16(8-10-18)22-26-20(30-27-22)12-11-19(28)25-17-13-23-21(24-14-17)15-5-3-2-4-6-15/h2-10,13-14H,11-12H2,1H3,(H,25,28). The number of aryl methyl sites for hydroxylation is 1. The third-order valence-electron chi connectivity index (χ3n) is 4.35. The van der Waals surface area contributed by atoms with Gasteiger partial charge >= 0.3 is 0 Å².